The Labute approximate surface area is 87.7 Å². The average Bonchev–Trinajstić information content (AvgIpc) is 2.54. The summed E-state index contributed by atoms with van der Waals surface area (Å²) in [6, 6.07) is 0. The number of rotatable bonds is 5. The summed E-state index contributed by atoms with van der Waals surface area (Å²) in [6.07, 6.45) is 0.994. The van der Waals surface area contributed by atoms with Crippen molar-refractivity contribution in [3.63, 3.8) is 0 Å². The van der Waals surface area contributed by atoms with E-state index in [0.29, 0.717) is 5.88 Å². The van der Waals surface area contributed by atoms with E-state index in [-0.39, 0.29) is 0 Å². The van der Waals surface area contributed by atoms with Crippen molar-refractivity contribution in [2.24, 2.45) is 0 Å². The highest BCUT2D eigenvalue weighted by molar-refractivity contribution is 7.15. The molecular weight excluding hydrogens is 206 g/mol. The molecule has 0 aliphatic rings. The zero-order valence-corrected chi connectivity index (χ0v) is 9.53. The van der Waals surface area contributed by atoms with Crippen LogP contribution in [0, 0.1) is 6.92 Å². The molecule has 0 amide bonds. The van der Waals surface area contributed by atoms with Crippen LogP contribution < -0.4 is 4.90 Å². The van der Waals surface area contributed by atoms with Crippen molar-refractivity contribution in [3.05, 3.63) is 5.01 Å². The Morgan fingerprint density at radius 1 is 1.46 bits per heavy atom. The van der Waals surface area contributed by atoms with Crippen molar-refractivity contribution in [2.75, 3.05) is 23.9 Å². The van der Waals surface area contributed by atoms with Gasteiger partial charge >= 0.3 is 0 Å². The Morgan fingerprint density at radius 3 is 2.69 bits per heavy atom. The van der Waals surface area contributed by atoms with Gasteiger partial charge in [0.1, 0.15) is 5.01 Å². The van der Waals surface area contributed by atoms with Crippen molar-refractivity contribution >= 4 is 28.1 Å². The first-order chi connectivity index (χ1) is 6.27. The molecule has 0 aliphatic carbocycles. The third kappa shape index (κ3) is 3.12. The summed E-state index contributed by atoms with van der Waals surface area (Å²) < 4.78 is 0. The van der Waals surface area contributed by atoms with Gasteiger partial charge in [-0.05, 0) is 20.3 Å². The van der Waals surface area contributed by atoms with Gasteiger partial charge in [0.2, 0.25) is 5.13 Å². The van der Waals surface area contributed by atoms with Crippen molar-refractivity contribution < 1.29 is 0 Å². The predicted molar refractivity (Wildman–Crippen MR) is 57.9 cm³/mol. The predicted octanol–water partition coefficient (Wildman–Crippen LogP) is 2.30. The van der Waals surface area contributed by atoms with Crippen LogP contribution in [-0.4, -0.2) is 29.2 Å². The minimum Gasteiger partial charge on any atom is -0.347 e. The van der Waals surface area contributed by atoms with Crippen LogP contribution in [0.15, 0.2) is 0 Å². The summed E-state index contributed by atoms with van der Waals surface area (Å²) >= 11 is 7.27. The summed E-state index contributed by atoms with van der Waals surface area (Å²) in [5.41, 5.74) is 0. The zero-order chi connectivity index (χ0) is 9.68. The van der Waals surface area contributed by atoms with E-state index in [9.17, 15) is 0 Å². The molecule has 1 heterocycles. The van der Waals surface area contributed by atoms with E-state index in [1.807, 2.05) is 6.92 Å². The number of anilines is 1. The maximum Gasteiger partial charge on any atom is 0.208 e. The van der Waals surface area contributed by atoms with Crippen molar-refractivity contribution in [1.29, 1.82) is 0 Å². The molecule has 0 N–H and O–H groups in total. The summed E-state index contributed by atoms with van der Waals surface area (Å²) in [6.45, 7) is 6.02. The highest BCUT2D eigenvalue weighted by Gasteiger charge is 2.07. The fourth-order valence-electron chi connectivity index (χ4n) is 1.05. The molecule has 1 aromatic heterocycles. The van der Waals surface area contributed by atoms with Crippen molar-refractivity contribution in [3.8, 4) is 0 Å². The van der Waals surface area contributed by atoms with Gasteiger partial charge < -0.3 is 4.90 Å². The van der Waals surface area contributed by atoms with E-state index in [0.717, 1.165) is 29.6 Å². The van der Waals surface area contributed by atoms with Gasteiger partial charge in [-0.1, -0.05) is 11.3 Å². The molecule has 0 unspecified atom stereocenters. The van der Waals surface area contributed by atoms with Gasteiger partial charge in [-0.15, -0.1) is 21.8 Å². The number of hydrogen-bond donors (Lipinski definition) is 0. The standard InChI is InChI=1S/C8H14ClN3S/c1-3-12(6-4-5-9)8-11-10-7(2)13-8/h3-6H2,1-2H3. The first-order valence-corrected chi connectivity index (χ1v) is 5.74. The van der Waals surface area contributed by atoms with Crippen LogP contribution in [0.3, 0.4) is 0 Å². The van der Waals surface area contributed by atoms with Crippen LogP contribution in [-0.2, 0) is 0 Å². The Morgan fingerprint density at radius 2 is 2.23 bits per heavy atom. The van der Waals surface area contributed by atoms with Gasteiger partial charge in [-0.25, -0.2) is 0 Å². The number of nitrogens with zero attached hydrogens (tertiary/aromatic N) is 3. The van der Waals surface area contributed by atoms with Crippen molar-refractivity contribution in [2.45, 2.75) is 20.3 Å². The van der Waals surface area contributed by atoms with E-state index in [1.165, 1.54) is 0 Å². The van der Waals surface area contributed by atoms with Crippen LogP contribution in [0.1, 0.15) is 18.4 Å². The molecule has 0 saturated heterocycles. The average molecular weight is 220 g/mol. The third-order valence-corrected chi connectivity index (χ3v) is 2.90. The maximum absolute atomic E-state index is 5.64. The molecule has 13 heavy (non-hydrogen) atoms. The van der Waals surface area contributed by atoms with E-state index < -0.39 is 0 Å². The lowest BCUT2D eigenvalue weighted by Gasteiger charge is -2.17. The van der Waals surface area contributed by atoms with E-state index in [1.54, 1.807) is 11.3 Å². The lowest BCUT2D eigenvalue weighted by Crippen LogP contribution is -2.23. The lowest BCUT2D eigenvalue weighted by atomic mass is 10.4. The third-order valence-electron chi connectivity index (χ3n) is 1.73. The second kappa shape index (κ2) is 5.40. The van der Waals surface area contributed by atoms with E-state index in [2.05, 4.69) is 22.0 Å². The number of alkyl halides is 1. The Balaban J connectivity index is 2.56. The minimum atomic E-state index is 0.703. The zero-order valence-electron chi connectivity index (χ0n) is 7.96. The fourth-order valence-corrected chi connectivity index (χ4v) is 1.95. The maximum atomic E-state index is 5.64. The summed E-state index contributed by atoms with van der Waals surface area (Å²) in [5.74, 6) is 0.703. The molecule has 0 atom stereocenters. The molecule has 0 aromatic carbocycles. The topological polar surface area (TPSA) is 29.0 Å². The van der Waals surface area contributed by atoms with Crippen LogP contribution in [0.25, 0.3) is 0 Å². The smallest absolute Gasteiger partial charge is 0.208 e. The quantitative estimate of drug-likeness (QED) is 0.712. The van der Waals surface area contributed by atoms with Gasteiger partial charge in [0.25, 0.3) is 0 Å². The molecule has 0 fully saturated rings. The van der Waals surface area contributed by atoms with E-state index >= 15 is 0 Å². The molecule has 74 valence electrons. The second-order valence-electron chi connectivity index (χ2n) is 2.73. The summed E-state index contributed by atoms with van der Waals surface area (Å²) in [7, 11) is 0. The molecule has 0 spiro atoms. The van der Waals surface area contributed by atoms with Gasteiger partial charge in [0.15, 0.2) is 0 Å². The fraction of sp³-hybridized carbons (Fsp3) is 0.750. The normalized spacial score (nSPS) is 10.4. The molecule has 1 aromatic rings. The highest BCUT2D eigenvalue weighted by Crippen LogP contribution is 2.19. The lowest BCUT2D eigenvalue weighted by molar-refractivity contribution is 0.783. The van der Waals surface area contributed by atoms with Crippen LogP contribution in [0.4, 0.5) is 5.13 Å². The van der Waals surface area contributed by atoms with Crippen molar-refractivity contribution in [1.82, 2.24) is 10.2 Å². The SMILES string of the molecule is CCN(CCCCl)c1nnc(C)s1. The Kier molecular flexibility index (Phi) is 4.45. The Hall–Kier alpha value is -0.350. The molecule has 0 bridgehead atoms. The molecule has 5 heteroatoms. The first kappa shape index (κ1) is 10.7. The van der Waals surface area contributed by atoms with Gasteiger partial charge in [0, 0.05) is 19.0 Å². The molecule has 0 saturated carbocycles. The van der Waals surface area contributed by atoms with E-state index in [4.69, 9.17) is 11.6 Å². The van der Waals surface area contributed by atoms with Crippen LogP contribution in [0.2, 0.25) is 0 Å². The monoisotopic (exact) mass is 219 g/mol. The molecular formula is C8H14ClN3S. The minimum absolute atomic E-state index is 0.703. The molecule has 3 nitrogen and oxygen atoms in total. The molecule has 1 rings (SSSR count). The van der Waals surface area contributed by atoms with Gasteiger partial charge in [-0.3, -0.25) is 0 Å². The number of aryl methyl sites for hydroxylation is 1. The Bertz CT molecular complexity index is 251. The van der Waals surface area contributed by atoms with Crippen LogP contribution >= 0.6 is 22.9 Å². The second-order valence-corrected chi connectivity index (χ2v) is 4.26. The first-order valence-electron chi connectivity index (χ1n) is 4.39. The summed E-state index contributed by atoms with van der Waals surface area (Å²) in [4.78, 5) is 2.20. The number of halogens is 1. The van der Waals surface area contributed by atoms with Gasteiger partial charge in [-0.2, -0.15) is 0 Å². The largest absolute Gasteiger partial charge is 0.347 e. The molecule has 0 radical (unpaired) electrons. The number of aromatic nitrogens is 2. The van der Waals surface area contributed by atoms with Gasteiger partial charge in [0.05, 0.1) is 0 Å². The highest BCUT2D eigenvalue weighted by atomic mass is 35.5. The molecule has 0 aliphatic heterocycles. The summed E-state index contributed by atoms with van der Waals surface area (Å²) in [5, 5.41) is 10.1. The number of hydrogen-bond acceptors (Lipinski definition) is 4. The van der Waals surface area contributed by atoms with Crippen LogP contribution in [0.5, 0.6) is 0 Å².